The van der Waals surface area contributed by atoms with Crippen LogP contribution in [0, 0.1) is 0 Å². The number of benzene rings is 7. The van der Waals surface area contributed by atoms with E-state index in [1.165, 1.54) is 62.2 Å². The minimum absolute atomic E-state index is 1.14. The van der Waals surface area contributed by atoms with E-state index in [0.29, 0.717) is 0 Å². The number of hydrogen-bond donors (Lipinski definition) is 0. The first-order chi connectivity index (χ1) is 21.3. The Morgan fingerprint density at radius 3 is 1.77 bits per heavy atom. The van der Waals surface area contributed by atoms with Gasteiger partial charge in [0.15, 0.2) is 0 Å². The Balaban J connectivity index is 1.21. The molecule has 0 amide bonds. The highest BCUT2D eigenvalue weighted by atomic mass is 32.1. The van der Waals surface area contributed by atoms with Crippen LogP contribution in [0.15, 0.2) is 152 Å². The molecule has 2 heterocycles. The van der Waals surface area contributed by atoms with Crippen LogP contribution in [0.1, 0.15) is 0 Å². The third-order valence-corrected chi connectivity index (χ3v) is 10.7. The van der Waals surface area contributed by atoms with Crippen LogP contribution < -0.4 is 4.90 Å². The molecule has 0 saturated carbocycles. The van der Waals surface area contributed by atoms with Crippen molar-refractivity contribution in [1.82, 2.24) is 0 Å². The van der Waals surface area contributed by atoms with E-state index in [2.05, 4.69) is 157 Å². The van der Waals surface area contributed by atoms with E-state index in [9.17, 15) is 0 Å². The van der Waals surface area contributed by atoms with Gasteiger partial charge in [-0.05, 0) is 76.5 Å². The maximum absolute atomic E-state index is 2.37. The predicted octanol–water partition coefficient (Wildman–Crippen LogP) is 12.7. The SMILES string of the molecule is c1ccc(-c2ccc(N(c3ccccc3)c3ccc4c(c3)sc3ccc5c6cc7ccccc7cc6sc5c34)cc2)cc1. The van der Waals surface area contributed by atoms with E-state index in [-0.39, 0.29) is 0 Å². The number of hydrogen-bond acceptors (Lipinski definition) is 3. The Morgan fingerprint density at radius 1 is 0.372 bits per heavy atom. The molecule has 9 rings (SSSR count). The zero-order valence-electron chi connectivity index (χ0n) is 23.2. The highest BCUT2D eigenvalue weighted by Crippen LogP contribution is 2.47. The summed E-state index contributed by atoms with van der Waals surface area (Å²) in [6, 6.07) is 55.2. The van der Waals surface area contributed by atoms with Crippen LogP contribution in [0.2, 0.25) is 0 Å². The summed E-state index contributed by atoms with van der Waals surface area (Å²) in [5, 5.41) is 8.02. The molecule has 0 aliphatic carbocycles. The molecule has 0 spiro atoms. The maximum Gasteiger partial charge on any atom is 0.0476 e. The van der Waals surface area contributed by atoms with Crippen LogP contribution in [0.3, 0.4) is 0 Å². The van der Waals surface area contributed by atoms with Gasteiger partial charge < -0.3 is 4.90 Å². The molecule has 0 unspecified atom stereocenters. The maximum atomic E-state index is 2.37. The molecule has 2 aromatic heterocycles. The minimum Gasteiger partial charge on any atom is -0.310 e. The number of rotatable bonds is 4. The van der Waals surface area contributed by atoms with Crippen LogP contribution in [-0.2, 0) is 0 Å². The normalized spacial score (nSPS) is 11.7. The molecule has 0 aliphatic heterocycles. The summed E-state index contributed by atoms with van der Waals surface area (Å²) >= 11 is 3.82. The van der Waals surface area contributed by atoms with Gasteiger partial charge in [0.1, 0.15) is 0 Å². The van der Waals surface area contributed by atoms with Crippen LogP contribution in [0.25, 0.3) is 62.2 Å². The van der Waals surface area contributed by atoms with E-state index >= 15 is 0 Å². The van der Waals surface area contributed by atoms with Crippen LogP contribution in [0.5, 0.6) is 0 Å². The standard InChI is InChI=1S/C40H25NS2/c1-3-9-26(10-4-1)27-15-17-31(18-16-27)41(30-13-5-2-6-14-30)32-19-20-34-38(25-32)42-36-22-21-33-35-23-28-11-7-8-12-29(28)24-37(35)43-40(33)39(34)36/h1-25H. The molecule has 0 atom stereocenters. The Morgan fingerprint density at radius 2 is 0.977 bits per heavy atom. The first-order valence-electron chi connectivity index (χ1n) is 14.5. The largest absolute Gasteiger partial charge is 0.310 e. The number of fused-ring (bicyclic) bond motifs is 8. The fourth-order valence-corrected chi connectivity index (χ4v) is 8.87. The monoisotopic (exact) mass is 583 g/mol. The summed E-state index contributed by atoms with van der Waals surface area (Å²) in [4.78, 5) is 2.36. The molecule has 202 valence electrons. The molecule has 7 aromatic carbocycles. The molecule has 0 bridgehead atoms. The van der Waals surface area contributed by atoms with Crippen molar-refractivity contribution in [2.75, 3.05) is 4.90 Å². The zero-order valence-corrected chi connectivity index (χ0v) is 24.8. The van der Waals surface area contributed by atoms with Gasteiger partial charge in [-0.2, -0.15) is 0 Å². The molecular weight excluding hydrogens is 559 g/mol. The Kier molecular flexibility index (Phi) is 5.62. The van der Waals surface area contributed by atoms with Crippen LogP contribution >= 0.6 is 22.7 Å². The van der Waals surface area contributed by atoms with Gasteiger partial charge in [0.2, 0.25) is 0 Å². The lowest BCUT2D eigenvalue weighted by molar-refractivity contribution is 1.29. The lowest BCUT2D eigenvalue weighted by Gasteiger charge is -2.25. The lowest BCUT2D eigenvalue weighted by Crippen LogP contribution is -2.09. The molecular formula is C40H25NS2. The Hall–Kier alpha value is -4.96. The van der Waals surface area contributed by atoms with Crippen LogP contribution in [0.4, 0.5) is 17.1 Å². The van der Waals surface area contributed by atoms with E-state index in [0.717, 1.165) is 17.1 Å². The van der Waals surface area contributed by atoms with Gasteiger partial charge in [0.25, 0.3) is 0 Å². The quantitative estimate of drug-likeness (QED) is 0.199. The van der Waals surface area contributed by atoms with Crippen molar-refractivity contribution in [2.24, 2.45) is 0 Å². The van der Waals surface area contributed by atoms with Gasteiger partial charge >= 0.3 is 0 Å². The van der Waals surface area contributed by atoms with Crippen molar-refractivity contribution in [1.29, 1.82) is 0 Å². The number of thiophene rings is 2. The average molecular weight is 584 g/mol. The smallest absolute Gasteiger partial charge is 0.0476 e. The van der Waals surface area contributed by atoms with Gasteiger partial charge in [0.05, 0.1) is 0 Å². The molecule has 0 N–H and O–H groups in total. The molecule has 1 nitrogen and oxygen atoms in total. The zero-order chi connectivity index (χ0) is 28.3. The highest BCUT2D eigenvalue weighted by Gasteiger charge is 2.17. The van der Waals surface area contributed by atoms with Gasteiger partial charge in [0, 0.05) is 57.4 Å². The molecule has 0 fully saturated rings. The number of nitrogens with zero attached hydrogens (tertiary/aromatic N) is 1. The average Bonchev–Trinajstić information content (AvgIpc) is 3.62. The fourth-order valence-electron chi connectivity index (χ4n) is 6.36. The second-order valence-corrected chi connectivity index (χ2v) is 13.1. The molecule has 43 heavy (non-hydrogen) atoms. The first kappa shape index (κ1) is 24.6. The predicted molar refractivity (Wildman–Crippen MR) is 190 cm³/mol. The summed E-state index contributed by atoms with van der Waals surface area (Å²) in [5.41, 5.74) is 5.90. The number of para-hydroxylation sites is 1. The van der Waals surface area contributed by atoms with E-state index in [1.54, 1.807) is 0 Å². The first-order valence-corrected chi connectivity index (χ1v) is 16.1. The fraction of sp³-hybridized carbons (Fsp3) is 0. The second kappa shape index (κ2) is 9.81. The van der Waals surface area contributed by atoms with E-state index in [4.69, 9.17) is 0 Å². The molecule has 0 saturated heterocycles. The topological polar surface area (TPSA) is 3.24 Å². The summed E-state index contributed by atoms with van der Waals surface area (Å²) in [6.07, 6.45) is 0. The van der Waals surface area contributed by atoms with Gasteiger partial charge in [-0.1, -0.05) is 97.1 Å². The molecule has 0 aliphatic rings. The van der Waals surface area contributed by atoms with Crippen molar-refractivity contribution in [3.63, 3.8) is 0 Å². The summed E-state index contributed by atoms with van der Waals surface area (Å²) in [7, 11) is 0. The van der Waals surface area contributed by atoms with E-state index in [1.807, 2.05) is 22.7 Å². The lowest BCUT2D eigenvalue weighted by atomic mass is 10.0. The Bertz CT molecular complexity index is 2440. The van der Waals surface area contributed by atoms with Gasteiger partial charge in [-0.15, -0.1) is 22.7 Å². The molecule has 9 aromatic rings. The highest BCUT2D eigenvalue weighted by molar-refractivity contribution is 7.29. The van der Waals surface area contributed by atoms with Crippen molar-refractivity contribution < 1.29 is 0 Å². The third-order valence-electron chi connectivity index (χ3n) is 8.43. The summed E-state index contributed by atoms with van der Waals surface area (Å²) in [5.74, 6) is 0. The Labute approximate surface area is 257 Å². The minimum atomic E-state index is 1.14. The van der Waals surface area contributed by atoms with Crippen LogP contribution in [-0.4, -0.2) is 0 Å². The van der Waals surface area contributed by atoms with Crippen molar-refractivity contribution in [3.8, 4) is 11.1 Å². The number of anilines is 3. The van der Waals surface area contributed by atoms with Crippen molar-refractivity contribution in [2.45, 2.75) is 0 Å². The molecule has 3 heteroatoms. The summed E-state index contributed by atoms with van der Waals surface area (Å²) < 4.78 is 5.39. The van der Waals surface area contributed by atoms with E-state index < -0.39 is 0 Å². The van der Waals surface area contributed by atoms with Crippen molar-refractivity contribution in [3.05, 3.63) is 152 Å². The molecule has 0 radical (unpaired) electrons. The summed E-state index contributed by atoms with van der Waals surface area (Å²) in [6.45, 7) is 0. The van der Waals surface area contributed by atoms with Gasteiger partial charge in [-0.3, -0.25) is 0 Å². The van der Waals surface area contributed by atoms with Gasteiger partial charge in [-0.25, -0.2) is 0 Å². The van der Waals surface area contributed by atoms with Crippen molar-refractivity contribution >= 4 is 90.9 Å². The third kappa shape index (κ3) is 4.04. The second-order valence-electron chi connectivity index (χ2n) is 11.0.